The van der Waals surface area contributed by atoms with Gasteiger partial charge in [-0.1, -0.05) is 55.2 Å². The van der Waals surface area contributed by atoms with E-state index in [1.165, 1.54) is 26.3 Å². The van der Waals surface area contributed by atoms with Crippen LogP contribution in [0, 0.1) is 0 Å². The third kappa shape index (κ3) is 1.65. The van der Waals surface area contributed by atoms with Crippen LogP contribution in [0.2, 0.25) is 6.82 Å². The van der Waals surface area contributed by atoms with Crippen LogP contribution in [0.1, 0.15) is 12.5 Å². The fourth-order valence-electron chi connectivity index (χ4n) is 2.71. The molecule has 2 aromatic rings. The molecule has 18 heavy (non-hydrogen) atoms. The second-order valence-corrected chi connectivity index (χ2v) is 5.85. The normalized spacial score (nSPS) is 13.1. The maximum Gasteiger partial charge on any atom is 0.211 e. The number of fused-ring (bicyclic) bond motifs is 2. The molecule has 0 bridgehead atoms. The van der Waals surface area contributed by atoms with E-state index < -0.39 is 0 Å². The molecule has 1 heterocycles. The van der Waals surface area contributed by atoms with Crippen LogP contribution in [0.5, 0.6) is 0 Å². The van der Waals surface area contributed by atoms with Crippen LogP contribution in [0.4, 0.5) is 5.69 Å². The third-order valence-electron chi connectivity index (χ3n) is 3.76. The SMILES string of the molecule is CCc1ccc2c(c1N)B(C)c1ccccc1S2. The Morgan fingerprint density at radius 2 is 1.89 bits per heavy atom. The van der Waals surface area contributed by atoms with Crippen molar-refractivity contribution in [1.82, 2.24) is 0 Å². The van der Waals surface area contributed by atoms with Gasteiger partial charge in [0, 0.05) is 15.5 Å². The molecule has 0 saturated carbocycles. The molecule has 0 unspecified atom stereocenters. The average molecular weight is 253 g/mol. The third-order valence-corrected chi connectivity index (χ3v) is 4.92. The molecule has 1 aliphatic rings. The molecule has 0 atom stereocenters. The molecule has 3 heteroatoms. The molecular formula is C15H16BNS. The van der Waals surface area contributed by atoms with Gasteiger partial charge in [-0.2, -0.15) is 0 Å². The fourth-order valence-corrected chi connectivity index (χ4v) is 3.99. The van der Waals surface area contributed by atoms with Gasteiger partial charge >= 0.3 is 0 Å². The van der Waals surface area contributed by atoms with Crippen molar-refractivity contribution >= 4 is 35.1 Å². The summed E-state index contributed by atoms with van der Waals surface area (Å²) >= 11 is 1.84. The van der Waals surface area contributed by atoms with Crippen LogP contribution in [-0.2, 0) is 6.42 Å². The standard InChI is InChI=1S/C15H16BNS/c1-3-10-8-9-13-14(15(10)17)16(2)11-6-4-5-7-12(11)18-13/h4-9H,3,17H2,1-2H3. The maximum absolute atomic E-state index is 6.35. The van der Waals surface area contributed by atoms with E-state index in [0.717, 1.165) is 12.1 Å². The highest BCUT2D eigenvalue weighted by atomic mass is 32.2. The first kappa shape index (κ1) is 11.7. The first-order chi connectivity index (χ1) is 8.72. The van der Waals surface area contributed by atoms with E-state index in [4.69, 9.17) is 5.73 Å². The van der Waals surface area contributed by atoms with Crippen molar-refractivity contribution in [2.45, 2.75) is 30.0 Å². The number of hydrogen-bond donors (Lipinski definition) is 1. The van der Waals surface area contributed by atoms with Crippen LogP contribution in [0.25, 0.3) is 0 Å². The number of rotatable bonds is 1. The van der Waals surface area contributed by atoms with Crippen LogP contribution < -0.4 is 16.7 Å². The van der Waals surface area contributed by atoms with Crippen molar-refractivity contribution in [2.24, 2.45) is 0 Å². The Hall–Kier alpha value is -1.35. The van der Waals surface area contributed by atoms with Gasteiger partial charge in [-0.15, -0.1) is 0 Å². The van der Waals surface area contributed by atoms with Gasteiger partial charge in [0.2, 0.25) is 6.71 Å². The lowest BCUT2D eigenvalue weighted by molar-refractivity contribution is 1.14. The van der Waals surface area contributed by atoms with Gasteiger partial charge in [0.25, 0.3) is 0 Å². The first-order valence-corrected chi connectivity index (χ1v) is 7.22. The number of nitrogens with two attached hydrogens (primary N) is 1. The molecule has 2 aromatic carbocycles. The molecular weight excluding hydrogens is 237 g/mol. The number of anilines is 1. The van der Waals surface area contributed by atoms with Crippen molar-refractivity contribution in [1.29, 1.82) is 0 Å². The molecule has 3 rings (SSSR count). The Balaban J connectivity index is 2.20. The molecule has 90 valence electrons. The lowest BCUT2D eigenvalue weighted by atomic mass is 9.42. The monoisotopic (exact) mass is 253 g/mol. The maximum atomic E-state index is 6.35. The summed E-state index contributed by atoms with van der Waals surface area (Å²) in [6.07, 6.45) is 0.998. The summed E-state index contributed by atoms with van der Waals surface area (Å²) in [6, 6.07) is 13.0. The Morgan fingerprint density at radius 3 is 2.67 bits per heavy atom. The van der Waals surface area contributed by atoms with Gasteiger partial charge in [0.15, 0.2) is 0 Å². The minimum atomic E-state index is 0.393. The van der Waals surface area contributed by atoms with Crippen molar-refractivity contribution in [3.05, 3.63) is 42.0 Å². The highest BCUT2D eigenvalue weighted by Crippen LogP contribution is 2.32. The highest BCUT2D eigenvalue weighted by Gasteiger charge is 2.27. The van der Waals surface area contributed by atoms with Crippen molar-refractivity contribution in [3.63, 3.8) is 0 Å². The predicted octanol–water partition coefficient (Wildman–Crippen LogP) is 2.53. The molecule has 0 radical (unpaired) electrons. The molecule has 0 aromatic heterocycles. The second-order valence-electron chi connectivity index (χ2n) is 4.77. The number of hydrogen-bond acceptors (Lipinski definition) is 2. The lowest BCUT2D eigenvalue weighted by Gasteiger charge is -2.25. The quantitative estimate of drug-likeness (QED) is 0.624. The van der Waals surface area contributed by atoms with E-state index in [-0.39, 0.29) is 0 Å². The zero-order chi connectivity index (χ0) is 12.7. The Kier molecular flexibility index (Phi) is 2.86. The minimum absolute atomic E-state index is 0.393. The van der Waals surface area contributed by atoms with E-state index in [9.17, 15) is 0 Å². The Labute approximate surface area is 113 Å². The summed E-state index contributed by atoms with van der Waals surface area (Å²) in [5.41, 5.74) is 11.3. The molecule has 0 spiro atoms. The van der Waals surface area contributed by atoms with Gasteiger partial charge < -0.3 is 5.73 Å². The summed E-state index contributed by atoms with van der Waals surface area (Å²) in [7, 11) is 0. The summed E-state index contributed by atoms with van der Waals surface area (Å²) in [5.74, 6) is 0. The predicted molar refractivity (Wildman–Crippen MR) is 81.7 cm³/mol. The van der Waals surface area contributed by atoms with E-state index in [0.29, 0.717) is 6.71 Å². The summed E-state index contributed by atoms with van der Waals surface area (Å²) in [4.78, 5) is 2.68. The van der Waals surface area contributed by atoms with Gasteiger partial charge in [-0.05, 0) is 29.6 Å². The molecule has 1 nitrogen and oxygen atoms in total. The summed E-state index contributed by atoms with van der Waals surface area (Å²) in [5, 5.41) is 0. The zero-order valence-electron chi connectivity index (χ0n) is 10.7. The van der Waals surface area contributed by atoms with E-state index in [1.807, 2.05) is 11.8 Å². The first-order valence-electron chi connectivity index (χ1n) is 6.40. The average Bonchev–Trinajstić information content (AvgIpc) is 2.39. The minimum Gasteiger partial charge on any atom is -0.399 e. The van der Waals surface area contributed by atoms with E-state index >= 15 is 0 Å². The molecule has 0 fully saturated rings. The largest absolute Gasteiger partial charge is 0.399 e. The van der Waals surface area contributed by atoms with Crippen LogP contribution in [0.15, 0.2) is 46.2 Å². The topological polar surface area (TPSA) is 26.0 Å². The fraction of sp³-hybridized carbons (Fsp3) is 0.200. The molecule has 0 aliphatic carbocycles. The van der Waals surface area contributed by atoms with Crippen LogP contribution in [-0.4, -0.2) is 6.71 Å². The zero-order valence-corrected chi connectivity index (χ0v) is 11.6. The summed E-state index contributed by atoms with van der Waals surface area (Å²) in [6.45, 7) is 4.81. The summed E-state index contributed by atoms with van der Waals surface area (Å²) < 4.78 is 0. The van der Waals surface area contributed by atoms with E-state index in [1.54, 1.807) is 0 Å². The van der Waals surface area contributed by atoms with Gasteiger partial charge in [-0.25, -0.2) is 0 Å². The lowest BCUT2D eigenvalue weighted by Crippen LogP contribution is -2.45. The smallest absolute Gasteiger partial charge is 0.211 e. The van der Waals surface area contributed by atoms with Crippen molar-refractivity contribution in [3.8, 4) is 0 Å². The molecule has 2 N–H and O–H groups in total. The molecule has 0 amide bonds. The number of benzene rings is 2. The number of aryl methyl sites for hydroxylation is 1. The molecule has 1 aliphatic heterocycles. The second kappa shape index (κ2) is 4.40. The van der Waals surface area contributed by atoms with Crippen molar-refractivity contribution in [2.75, 3.05) is 5.73 Å². The number of nitrogen functional groups attached to an aromatic ring is 1. The molecule has 0 saturated heterocycles. The van der Waals surface area contributed by atoms with Gasteiger partial charge in [0.1, 0.15) is 0 Å². The highest BCUT2D eigenvalue weighted by molar-refractivity contribution is 8.00. The Bertz CT molecular complexity index is 609. The Morgan fingerprint density at radius 1 is 1.11 bits per heavy atom. The van der Waals surface area contributed by atoms with E-state index in [2.05, 4.69) is 50.1 Å². The van der Waals surface area contributed by atoms with Crippen LogP contribution >= 0.6 is 11.8 Å². The van der Waals surface area contributed by atoms with Crippen LogP contribution in [0.3, 0.4) is 0 Å². The van der Waals surface area contributed by atoms with Gasteiger partial charge in [0.05, 0.1) is 0 Å². The van der Waals surface area contributed by atoms with Crippen molar-refractivity contribution < 1.29 is 0 Å². The van der Waals surface area contributed by atoms with Gasteiger partial charge in [-0.3, -0.25) is 0 Å².